The van der Waals surface area contributed by atoms with E-state index in [0.717, 1.165) is 29.3 Å². The van der Waals surface area contributed by atoms with E-state index in [1.807, 2.05) is 84.9 Å². The Morgan fingerprint density at radius 3 is 1.33 bits per heavy atom. The minimum Gasteiger partial charge on any atom is -0.481 e. The van der Waals surface area contributed by atoms with Gasteiger partial charge in [-0.3, -0.25) is 43.2 Å². The summed E-state index contributed by atoms with van der Waals surface area (Å²) in [5.74, 6) is -9.79. The largest absolute Gasteiger partial charge is 0.481 e. The summed E-state index contributed by atoms with van der Waals surface area (Å²) < 4.78 is 0. The number of carboxylic acid groups (broad SMARTS) is 3. The van der Waals surface area contributed by atoms with Gasteiger partial charge in [0.25, 0.3) is 5.91 Å². The number of rotatable bonds is 34. The van der Waals surface area contributed by atoms with Crippen molar-refractivity contribution in [1.82, 2.24) is 16.0 Å². The summed E-state index contributed by atoms with van der Waals surface area (Å²) in [5.41, 5.74) is 0. The van der Waals surface area contributed by atoms with Crippen molar-refractivity contribution in [1.29, 1.82) is 0 Å². The van der Waals surface area contributed by atoms with Gasteiger partial charge in [0.05, 0.1) is 21.8 Å². The molecule has 10 atom stereocenters. The number of hydrogen-bond acceptors (Lipinski definition) is 14. The van der Waals surface area contributed by atoms with Crippen molar-refractivity contribution >= 4 is 104 Å². The van der Waals surface area contributed by atoms with Crippen molar-refractivity contribution in [3.8, 4) is 29.3 Å². The average molecular weight is 1120 g/mol. The van der Waals surface area contributed by atoms with Gasteiger partial charge in [0.1, 0.15) is 11.8 Å². The molecule has 76 heavy (non-hydrogen) atoms. The molecule has 0 saturated carbocycles. The summed E-state index contributed by atoms with van der Waals surface area (Å²) in [5, 5.41) is 36.2. The van der Waals surface area contributed by atoms with Crippen molar-refractivity contribution in [2.45, 2.75) is 151 Å². The Morgan fingerprint density at radius 2 is 0.868 bits per heavy atom. The third-order valence-electron chi connectivity index (χ3n) is 14.5. The quantitative estimate of drug-likeness (QED) is 0.0238. The number of Topliss-reactive ketones (excluding diaryl/α,β-unsaturated/α-hetero) is 4. The van der Waals surface area contributed by atoms with Crippen LogP contribution in [0.2, 0.25) is 0 Å². The monoisotopic (exact) mass is 1120 g/mol. The lowest BCUT2D eigenvalue weighted by Crippen LogP contribution is -2.49. The lowest BCUT2D eigenvalue weighted by molar-refractivity contribution is -0.144. The summed E-state index contributed by atoms with van der Waals surface area (Å²) in [6.45, 7) is 16.3. The van der Waals surface area contributed by atoms with Gasteiger partial charge >= 0.3 is 17.9 Å². The van der Waals surface area contributed by atoms with Crippen molar-refractivity contribution in [3.63, 3.8) is 0 Å². The van der Waals surface area contributed by atoms with Gasteiger partial charge in [-0.15, -0.1) is 45.3 Å². The smallest absolute Gasteiger partial charge is 0.326 e. The highest BCUT2D eigenvalue weighted by atomic mass is 32.1. The fraction of sp³-hybridized carbons (Fsp3) is 0.536. The number of amides is 3. The molecule has 0 saturated heterocycles. The highest BCUT2D eigenvalue weighted by Gasteiger charge is 2.37. The van der Waals surface area contributed by atoms with Gasteiger partial charge in [0, 0.05) is 79.1 Å². The van der Waals surface area contributed by atoms with Crippen molar-refractivity contribution in [3.05, 3.63) is 58.3 Å². The second kappa shape index (κ2) is 29.7. The zero-order valence-electron chi connectivity index (χ0n) is 44.7. The van der Waals surface area contributed by atoms with Gasteiger partial charge in [-0.05, 0) is 92.0 Å². The zero-order chi connectivity index (χ0) is 56.6. The second-order valence-electron chi connectivity index (χ2n) is 19.9. The van der Waals surface area contributed by atoms with Crippen molar-refractivity contribution < 1.29 is 63.3 Å². The first-order valence-electron chi connectivity index (χ1n) is 26.0. The Kier molecular flexibility index (Phi) is 24.6. The number of carbonyl (C=O) groups is 10. The fourth-order valence-corrected chi connectivity index (χ4v) is 12.8. The molecule has 6 N–H and O–H groups in total. The molecule has 0 radical (unpaired) electrons. The summed E-state index contributed by atoms with van der Waals surface area (Å²) in [4.78, 5) is 136. The number of thiophene rings is 4. The third kappa shape index (κ3) is 17.7. The molecule has 0 aliphatic heterocycles. The average Bonchev–Trinajstić information content (AvgIpc) is 4.24. The van der Waals surface area contributed by atoms with E-state index in [1.54, 1.807) is 41.7 Å². The molecule has 0 aromatic carbocycles. The van der Waals surface area contributed by atoms with Crippen LogP contribution in [-0.2, 0) is 38.4 Å². The van der Waals surface area contributed by atoms with Crippen LogP contribution in [0.25, 0.3) is 29.3 Å². The minimum absolute atomic E-state index is 0.0261. The molecule has 4 heterocycles. The summed E-state index contributed by atoms with van der Waals surface area (Å²) in [6, 6.07) is 11.9. The lowest BCUT2D eigenvalue weighted by Gasteiger charge is -2.28. The Bertz CT molecular complexity index is 2520. The molecule has 4 unspecified atom stereocenters. The van der Waals surface area contributed by atoms with Crippen LogP contribution in [0.4, 0.5) is 0 Å². The molecule has 4 aromatic rings. The number of ketones is 4. The minimum atomic E-state index is -1.44. The van der Waals surface area contributed by atoms with Crippen LogP contribution in [0.5, 0.6) is 0 Å². The second-order valence-corrected chi connectivity index (χ2v) is 24.2. The van der Waals surface area contributed by atoms with Crippen LogP contribution in [-0.4, -0.2) is 92.2 Å². The normalized spacial score (nSPS) is 15.4. The van der Waals surface area contributed by atoms with Gasteiger partial charge in [0.15, 0.2) is 17.3 Å². The molecule has 3 amide bonds. The van der Waals surface area contributed by atoms with E-state index in [0.29, 0.717) is 35.4 Å². The molecule has 414 valence electrons. The topological polar surface area (TPSA) is 267 Å². The van der Waals surface area contributed by atoms with E-state index in [9.17, 15) is 53.1 Å². The number of hydrogen-bond donors (Lipinski definition) is 6. The summed E-state index contributed by atoms with van der Waals surface area (Å²) >= 11 is 5.73. The number of nitrogens with one attached hydrogen (secondary N) is 3. The molecule has 0 aliphatic carbocycles. The van der Waals surface area contributed by atoms with Crippen LogP contribution in [0.15, 0.2) is 48.5 Å². The van der Waals surface area contributed by atoms with Gasteiger partial charge in [0.2, 0.25) is 11.8 Å². The Hall–Kier alpha value is -5.70. The summed E-state index contributed by atoms with van der Waals surface area (Å²) in [6.07, 6.45) is 0.753. The van der Waals surface area contributed by atoms with Crippen LogP contribution in [0.3, 0.4) is 0 Å². The molecule has 0 spiro atoms. The molecule has 4 aromatic heterocycles. The Morgan fingerprint density at radius 1 is 0.474 bits per heavy atom. The zero-order valence-corrected chi connectivity index (χ0v) is 48.0. The first-order valence-corrected chi connectivity index (χ1v) is 29.3. The Balaban J connectivity index is 1.44. The molecule has 0 aliphatic rings. The SMILES string of the molecule is CCC(C)[C@H](CC(=O)[C@@H](NC(=O)c1ccc(-c2ccc(-c3ccc(-c4ccc(C(=O)C[C@H](C(=O)N[C@H](C(=O)C[C@@H](CCC(=O)O)C(C)=O)C(C)CC)C(C)CC)s4)s3)s2)s1)C(C)CC)C(=O)N[C@@H](CCC(=O)O)C(=O)O. The first kappa shape index (κ1) is 62.8. The highest BCUT2D eigenvalue weighted by Crippen LogP contribution is 2.43. The van der Waals surface area contributed by atoms with Gasteiger partial charge in [-0.1, -0.05) is 81.1 Å². The third-order valence-corrected chi connectivity index (χ3v) is 19.5. The molecule has 4 rings (SSSR count). The maximum absolute atomic E-state index is 14.0. The predicted molar refractivity (Wildman–Crippen MR) is 298 cm³/mol. The fourth-order valence-electron chi connectivity index (χ4n) is 8.68. The molecular formula is C56H73N3O13S4. The summed E-state index contributed by atoms with van der Waals surface area (Å²) in [7, 11) is 0. The molecule has 16 nitrogen and oxygen atoms in total. The maximum Gasteiger partial charge on any atom is 0.326 e. The van der Waals surface area contributed by atoms with Crippen molar-refractivity contribution in [2.24, 2.45) is 41.4 Å². The maximum atomic E-state index is 14.0. The van der Waals surface area contributed by atoms with Crippen molar-refractivity contribution in [2.75, 3.05) is 0 Å². The molecule has 20 heteroatoms. The number of carboxylic acids is 3. The van der Waals surface area contributed by atoms with E-state index in [1.165, 1.54) is 29.6 Å². The number of aliphatic carboxylic acids is 3. The van der Waals surface area contributed by atoms with E-state index in [-0.39, 0.29) is 85.3 Å². The van der Waals surface area contributed by atoms with E-state index in [4.69, 9.17) is 10.2 Å². The van der Waals surface area contributed by atoms with Crippen LogP contribution in [0, 0.1) is 41.4 Å². The van der Waals surface area contributed by atoms with Gasteiger partial charge in [-0.2, -0.15) is 0 Å². The molecule has 0 bridgehead atoms. The highest BCUT2D eigenvalue weighted by molar-refractivity contribution is 7.29. The van der Waals surface area contributed by atoms with E-state index < -0.39 is 77.9 Å². The van der Waals surface area contributed by atoms with Gasteiger partial charge in [-0.25, -0.2) is 4.79 Å². The molecular weight excluding hydrogens is 1050 g/mol. The standard InChI is InChI=1S/C56H73N3O13S4/c1-10-29(5)35(54(69)58-51(31(7)12-3)39(62)26-34(33(9)60)14-24-49(64)65)27-38(61)41-16-17-42(73-41)43-18-19-44(74-43)45-20-21-46(75-45)47-22-23-48(76-47)55(70)59-52(32(8)13-4)40(63)28-36(30(6)11-2)53(68)57-37(56(71)72)15-25-50(66)67/h16-23,29-32,34-37,51-52H,10-15,24-28H2,1-9H3,(H,57,68)(H,58,69)(H,59,70)(H,64,65)(H,66,67)(H,71,72)/t29?,30?,31?,32?,34-,35+,36+,37+,51+,52+/m1/s1. The van der Waals surface area contributed by atoms with E-state index >= 15 is 0 Å². The van der Waals surface area contributed by atoms with Gasteiger partial charge < -0.3 is 31.3 Å². The van der Waals surface area contributed by atoms with Crippen LogP contribution >= 0.6 is 45.3 Å². The Labute approximate surface area is 460 Å². The van der Waals surface area contributed by atoms with Crippen LogP contribution in [0.1, 0.15) is 152 Å². The molecule has 0 fully saturated rings. The number of carbonyl (C=O) groups excluding carboxylic acids is 7. The first-order chi connectivity index (χ1) is 35.9. The predicted octanol–water partition coefficient (Wildman–Crippen LogP) is 10.9. The lowest BCUT2D eigenvalue weighted by atomic mass is 9.82. The van der Waals surface area contributed by atoms with Crippen LogP contribution < -0.4 is 16.0 Å². The van der Waals surface area contributed by atoms with E-state index in [2.05, 4.69) is 16.0 Å².